The molecule has 0 radical (unpaired) electrons. The first-order valence-electron chi connectivity index (χ1n) is 5.52. The van der Waals surface area contributed by atoms with Crippen LogP contribution in [-0.2, 0) is 4.74 Å². The SMILES string of the molecule is CCOC(=O)c1nc(-c2ccc(Cl)cc2)c(C)s1. The van der Waals surface area contributed by atoms with Crippen molar-refractivity contribution in [3.8, 4) is 11.3 Å². The molecule has 0 saturated heterocycles. The van der Waals surface area contributed by atoms with Gasteiger partial charge in [-0.15, -0.1) is 11.3 Å². The minimum absolute atomic E-state index is 0.355. The van der Waals surface area contributed by atoms with Crippen LogP contribution in [0.2, 0.25) is 5.02 Å². The third kappa shape index (κ3) is 2.71. The van der Waals surface area contributed by atoms with Crippen molar-refractivity contribution in [2.24, 2.45) is 0 Å². The molecular formula is C13H12ClNO2S. The molecule has 0 atom stereocenters. The summed E-state index contributed by atoms with van der Waals surface area (Å²) in [5, 5.41) is 1.07. The number of hydrogen-bond acceptors (Lipinski definition) is 4. The standard InChI is InChI=1S/C13H12ClNO2S/c1-3-17-13(16)12-15-11(8(2)18-12)9-4-6-10(14)7-5-9/h4-7H,3H2,1-2H3. The van der Waals surface area contributed by atoms with Gasteiger partial charge in [0.05, 0.1) is 12.3 Å². The molecule has 0 bridgehead atoms. The number of rotatable bonds is 3. The van der Waals surface area contributed by atoms with E-state index < -0.39 is 0 Å². The normalized spacial score (nSPS) is 10.4. The molecule has 0 amide bonds. The highest BCUT2D eigenvalue weighted by molar-refractivity contribution is 7.13. The average Bonchev–Trinajstić information content (AvgIpc) is 2.73. The first-order valence-corrected chi connectivity index (χ1v) is 6.71. The van der Waals surface area contributed by atoms with Gasteiger partial charge in [0.1, 0.15) is 0 Å². The molecular weight excluding hydrogens is 270 g/mol. The zero-order valence-electron chi connectivity index (χ0n) is 10.1. The lowest BCUT2D eigenvalue weighted by molar-refractivity contribution is 0.0526. The number of nitrogens with zero attached hydrogens (tertiary/aromatic N) is 1. The van der Waals surface area contributed by atoms with E-state index >= 15 is 0 Å². The molecule has 1 aromatic carbocycles. The van der Waals surface area contributed by atoms with E-state index in [1.807, 2.05) is 19.1 Å². The molecule has 1 heterocycles. The Hall–Kier alpha value is -1.39. The van der Waals surface area contributed by atoms with Gasteiger partial charge in [0, 0.05) is 15.5 Å². The predicted octanol–water partition coefficient (Wildman–Crippen LogP) is 3.95. The lowest BCUT2D eigenvalue weighted by atomic mass is 10.1. The van der Waals surface area contributed by atoms with Gasteiger partial charge in [-0.2, -0.15) is 0 Å². The highest BCUT2D eigenvalue weighted by atomic mass is 35.5. The number of carbonyl (C=O) groups excluding carboxylic acids is 1. The third-order valence-corrected chi connectivity index (χ3v) is 3.57. The summed E-state index contributed by atoms with van der Waals surface area (Å²) in [5.74, 6) is -0.370. The molecule has 3 nitrogen and oxygen atoms in total. The topological polar surface area (TPSA) is 39.2 Å². The van der Waals surface area contributed by atoms with Crippen molar-refractivity contribution in [1.29, 1.82) is 0 Å². The van der Waals surface area contributed by atoms with Crippen molar-refractivity contribution >= 4 is 28.9 Å². The number of esters is 1. The summed E-state index contributed by atoms with van der Waals surface area (Å²) in [4.78, 5) is 16.9. The van der Waals surface area contributed by atoms with Crippen LogP contribution in [0.15, 0.2) is 24.3 Å². The van der Waals surface area contributed by atoms with E-state index in [0.717, 1.165) is 16.1 Å². The molecule has 0 aliphatic carbocycles. The Labute approximate surface area is 114 Å². The number of thiazole rings is 1. The molecule has 5 heteroatoms. The Morgan fingerprint density at radius 2 is 2.06 bits per heavy atom. The van der Waals surface area contributed by atoms with E-state index in [1.165, 1.54) is 11.3 Å². The van der Waals surface area contributed by atoms with E-state index in [4.69, 9.17) is 16.3 Å². The minimum atomic E-state index is -0.370. The van der Waals surface area contributed by atoms with Crippen LogP contribution in [0, 0.1) is 6.92 Å². The average molecular weight is 282 g/mol. The zero-order valence-corrected chi connectivity index (χ0v) is 11.6. The number of carbonyl (C=O) groups is 1. The van der Waals surface area contributed by atoms with Gasteiger partial charge in [-0.3, -0.25) is 0 Å². The van der Waals surface area contributed by atoms with Crippen LogP contribution in [0.3, 0.4) is 0 Å². The summed E-state index contributed by atoms with van der Waals surface area (Å²) in [6.45, 7) is 4.07. The number of benzene rings is 1. The summed E-state index contributed by atoms with van der Waals surface area (Å²) in [7, 11) is 0. The van der Waals surface area contributed by atoms with Crippen molar-refractivity contribution < 1.29 is 9.53 Å². The highest BCUT2D eigenvalue weighted by Gasteiger charge is 2.16. The molecule has 0 aliphatic rings. The first-order chi connectivity index (χ1) is 8.61. The largest absolute Gasteiger partial charge is 0.461 e. The number of halogens is 1. The molecule has 94 valence electrons. The van der Waals surface area contributed by atoms with Crippen LogP contribution in [0.5, 0.6) is 0 Å². The predicted molar refractivity (Wildman–Crippen MR) is 73.3 cm³/mol. The maximum absolute atomic E-state index is 11.6. The Bertz CT molecular complexity index is 563. The second-order valence-electron chi connectivity index (χ2n) is 3.65. The van der Waals surface area contributed by atoms with Gasteiger partial charge < -0.3 is 4.74 Å². The van der Waals surface area contributed by atoms with Crippen LogP contribution < -0.4 is 0 Å². The van der Waals surface area contributed by atoms with Gasteiger partial charge in [-0.25, -0.2) is 9.78 Å². The van der Waals surface area contributed by atoms with E-state index in [2.05, 4.69) is 4.98 Å². The van der Waals surface area contributed by atoms with Gasteiger partial charge in [-0.1, -0.05) is 23.7 Å². The highest BCUT2D eigenvalue weighted by Crippen LogP contribution is 2.28. The van der Waals surface area contributed by atoms with Crippen molar-refractivity contribution in [2.45, 2.75) is 13.8 Å². The van der Waals surface area contributed by atoms with Gasteiger partial charge in [-0.05, 0) is 26.0 Å². The van der Waals surface area contributed by atoms with E-state index in [-0.39, 0.29) is 5.97 Å². The number of aromatic nitrogens is 1. The van der Waals surface area contributed by atoms with Gasteiger partial charge >= 0.3 is 5.97 Å². The van der Waals surface area contributed by atoms with E-state index in [1.54, 1.807) is 19.1 Å². The monoisotopic (exact) mass is 281 g/mol. The second-order valence-corrected chi connectivity index (χ2v) is 5.29. The molecule has 0 aliphatic heterocycles. The molecule has 2 aromatic rings. The molecule has 0 spiro atoms. The van der Waals surface area contributed by atoms with E-state index in [0.29, 0.717) is 16.6 Å². The second kappa shape index (κ2) is 5.50. The number of ether oxygens (including phenoxy) is 1. The van der Waals surface area contributed by atoms with Crippen molar-refractivity contribution in [3.63, 3.8) is 0 Å². The smallest absolute Gasteiger partial charge is 0.367 e. The summed E-state index contributed by atoms with van der Waals surface area (Å²) in [6.07, 6.45) is 0. The van der Waals surface area contributed by atoms with Crippen LogP contribution in [0.25, 0.3) is 11.3 Å². The van der Waals surface area contributed by atoms with Crippen LogP contribution in [0.1, 0.15) is 21.6 Å². The molecule has 0 N–H and O–H groups in total. The Kier molecular flexibility index (Phi) is 3.99. The van der Waals surface area contributed by atoms with Crippen molar-refractivity contribution in [3.05, 3.63) is 39.2 Å². The number of aryl methyl sites for hydroxylation is 1. The molecule has 0 fully saturated rings. The summed E-state index contributed by atoms with van der Waals surface area (Å²) < 4.78 is 4.94. The fourth-order valence-electron chi connectivity index (χ4n) is 1.55. The molecule has 18 heavy (non-hydrogen) atoms. The Morgan fingerprint density at radius 3 is 2.67 bits per heavy atom. The third-order valence-electron chi connectivity index (χ3n) is 2.36. The quantitative estimate of drug-likeness (QED) is 0.800. The summed E-state index contributed by atoms with van der Waals surface area (Å²) in [5.41, 5.74) is 1.75. The lowest BCUT2D eigenvalue weighted by Crippen LogP contribution is -2.03. The van der Waals surface area contributed by atoms with E-state index in [9.17, 15) is 4.79 Å². The summed E-state index contributed by atoms with van der Waals surface area (Å²) in [6, 6.07) is 7.39. The van der Waals surface area contributed by atoms with Gasteiger partial charge in [0.25, 0.3) is 0 Å². The van der Waals surface area contributed by atoms with Crippen LogP contribution in [-0.4, -0.2) is 17.6 Å². The summed E-state index contributed by atoms with van der Waals surface area (Å²) >= 11 is 7.19. The van der Waals surface area contributed by atoms with Crippen molar-refractivity contribution in [1.82, 2.24) is 4.98 Å². The molecule has 0 saturated carbocycles. The van der Waals surface area contributed by atoms with Crippen molar-refractivity contribution in [2.75, 3.05) is 6.61 Å². The lowest BCUT2D eigenvalue weighted by Gasteiger charge is -1.98. The van der Waals surface area contributed by atoms with Gasteiger partial charge in [0.15, 0.2) is 0 Å². The van der Waals surface area contributed by atoms with Crippen LogP contribution in [0.4, 0.5) is 0 Å². The molecule has 2 rings (SSSR count). The zero-order chi connectivity index (χ0) is 13.1. The first kappa shape index (κ1) is 13.1. The number of hydrogen-bond donors (Lipinski definition) is 0. The Balaban J connectivity index is 2.34. The fourth-order valence-corrected chi connectivity index (χ4v) is 2.51. The maximum atomic E-state index is 11.6. The minimum Gasteiger partial charge on any atom is -0.461 e. The molecule has 1 aromatic heterocycles. The van der Waals surface area contributed by atoms with Gasteiger partial charge in [0.2, 0.25) is 5.01 Å². The Morgan fingerprint density at radius 1 is 1.39 bits per heavy atom. The maximum Gasteiger partial charge on any atom is 0.367 e. The van der Waals surface area contributed by atoms with Crippen LogP contribution >= 0.6 is 22.9 Å². The molecule has 0 unspecified atom stereocenters. The fraction of sp³-hybridized carbons (Fsp3) is 0.231.